The van der Waals surface area contributed by atoms with E-state index < -0.39 is 0 Å². The Bertz CT molecular complexity index is 754. The highest BCUT2D eigenvalue weighted by Crippen LogP contribution is 2.13. The molecule has 0 spiro atoms. The first-order valence-corrected chi connectivity index (χ1v) is 9.41. The van der Waals surface area contributed by atoms with Crippen LogP contribution in [0, 0.1) is 0 Å². The van der Waals surface area contributed by atoms with Crippen molar-refractivity contribution in [1.82, 2.24) is 10.2 Å². The van der Waals surface area contributed by atoms with E-state index in [0.29, 0.717) is 18.7 Å². The molecule has 142 valence electrons. The van der Waals surface area contributed by atoms with Gasteiger partial charge in [-0.3, -0.25) is 9.79 Å². The van der Waals surface area contributed by atoms with E-state index >= 15 is 0 Å². The molecule has 2 aromatic carbocycles. The number of hydrogen-bond acceptors (Lipinski definition) is 3. The Morgan fingerprint density at radius 1 is 1.00 bits per heavy atom. The second-order valence-electron chi connectivity index (χ2n) is 6.55. The molecule has 0 saturated carbocycles. The van der Waals surface area contributed by atoms with E-state index in [-0.39, 0.29) is 11.7 Å². The second-order valence-corrected chi connectivity index (χ2v) is 6.55. The van der Waals surface area contributed by atoms with E-state index in [1.165, 1.54) is 31.4 Å². The van der Waals surface area contributed by atoms with Gasteiger partial charge in [0.1, 0.15) is 5.75 Å². The SMILES string of the molecule is O=C(NCCN=C(Nc1ccccc1)N1CCCCC1)c1ccc(O)cc1. The average Bonchev–Trinajstić information content (AvgIpc) is 2.72. The van der Waals surface area contributed by atoms with Crippen LogP contribution in [0.4, 0.5) is 5.69 Å². The fraction of sp³-hybridized carbons (Fsp3) is 0.333. The van der Waals surface area contributed by atoms with Crippen LogP contribution in [-0.2, 0) is 0 Å². The van der Waals surface area contributed by atoms with Gasteiger partial charge in [-0.25, -0.2) is 0 Å². The number of likely N-dealkylation sites (tertiary alicyclic amines) is 1. The largest absolute Gasteiger partial charge is 0.508 e. The summed E-state index contributed by atoms with van der Waals surface area (Å²) in [4.78, 5) is 19.1. The smallest absolute Gasteiger partial charge is 0.251 e. The molecular weight excluding hydrogens is 340 g/mol. The van der Waals surface area contributed by atoms with E-state index in [2.05, 4.69) is 15.5 Å². The molecule has 1 saturated heterocycles. The zero-order valence-corrected chi connectivity index (χ0v) is 15.4. The first kappa shape index (κ1) is 18.8. The first-order valence-electron chi connectivity index (χ1n) is 9.41. The Balaban J connectivity index is 1.57. The van der Waals surface area contributed by atoms with Crippen LogP contribution in [0.15, 0.2) is 59.6 Å². The summed E-state index contributed by atoms with van der Waals surface area (Å²) in [6.07, 6.45) is 3.61. The number of rotatable bonds is 5. The van der Waals surface area contributed by atoms with Gasteiger partial charge in [0, 0.05) is 30.9 Å². The molecule has 0 atom stereocenters. The number of phenolic OH excluding ortho intramolecular Hbond substituents is 1. The minimum atomic E-state index is -0.166. The lowest BCUT2D eigenvalue weighted by Crippen LogP contribution is -2.40. The van der Waals surface area contributed by atoms with Crippen molar-refractivity contribution in [1.29, 1.82) is 0 Å². The zero-order valence-electron chi connectivity index (χ0n) is 15.4. The van der Waals surface area contributed by atoms with Gasteiger partial charge < -0.3 is 20.6 Å². The van der Waals surface area contributed by atoms with Crippen LogP contribution in [-0.4, -0.2) is 48.1 Å². The van der Waals surface area contributed by atoms with Gasteiger partial charge in [0.15, 0.2) is 5.96 Å². The van der Waals surface area contributed by atoms with Crippen molar-refractivity contribution in [2.75, 3.05) is 31.5 Å². The first-order chi connectivity index (χ1) is 13.2. The maximum absolute atomic E-state index is 12.1. The fourth-order valence-corrected chi connectivity index (χ4v) is 3.02. The Kier molecular flexibility index (Phi) is 6.68. The molecule has 27 heavy (non-hydrogen) atoms. The van der Waals surface area contributed by atoms with Crippen molar-refractivity contribution in [3.05, 3.63) is 60.2 Å². The Labute approximate surface area is 159 Å². The molecule has 0 bridgehead atoms. The zero-order chi connectivity index (χ0) is 18.9. The number of phenols is 1. The van der Waals surface area contributed by atoms with Crippen molar-refractivity contribution in [2.45, 2.75) is 19.3 Å². The maximum atomic E-state index is 12.1. The van der Waals surface area contributed by atoms with Gasteiger partial charge in [-0.15, -0.1) is 0 Å². The lowest BCUT2D eigenvalue weighted by atomic mass is 10.1. The molecule has 1 aliphatic heterocycles. The second kappa shape index (κ2) is 9.62. The van der Waals surface area contributed by atoms with Gasteiger partial charge in [-0.1, -0.05) is 18.2 Å². The van der Waals surface area contributed by atoms with E-state index in [0.717, 1.165) is 24.7 Å². The van der Waals surface area contributed by atoms with Crippen LogP contribution in [0.2, 0.25) is 0 Å². The van der Waals surface area contributed by atoms with E-state index in [4.69, 9.17) is 4.99 Å². The summed E-state index contributed by atoms with van der Waals surface area (Å²) in [6, 6.07) is 16.2. The number of nitrogens with one attached hydrogen (secondary N) is 2. The molecule has 0 unspecified atom stereocenters. The summed E-state index contributed by atoms with van der Waals surface area (Å²) in [5.41, 5.74) is 1.53. The Morgan fingerprint density at radius 2 is 1.70 bits per heavy atom. The number of guanidine groups is 1. The van der Waals surface area contributed by atoms with Gasteiger partial charge in [0.05, 0.1) is 6.54 Å². The number of aliphatic imine (C=N–C) groups is 1. The van der Waals surface area contributed by atoms with Gasteiger partial charge in [0.2, 0.25) is 0 Å². The van der Waals surface area contributed by atoms with E-state index in [1.807, 2.05) is 30.3 Å². The number of carbonyl (C=O) groups is 1. The van der Waals surface area contributed by atoms with Crippen molar-refractivity contribution in [3.8, 4) is 5.75 Å². The minimum Gasteiger partial charge on any atom is -0.508 e. The molecule has 1 aliphatic rings. The van der Waals surface area contributed by atoms with Gasteiger partial charge >= 0.3 is 0 Å². The lowest BCUT2D eigenvalue weighted by molar-refractivity contribution is 0.0955. The molecule has 1 amide bonds. The predicted molar refractivity (Wildman–Crippen MR) is 108 cm³/mol. The molecule has 0 radical (unpaired) electrons. The van der Waals surface area contributed by atoms with E-state index in [9.17, 15) is 9.90 Å². The van der Waals surface area contributed by atoms with Crippen LogP contribution in [0.25, 0.3) is 0 Å². The molecule has 6 nitrogen and oxygen atoms in total. The molecular formula is C21H26N4O2. The molecule has 1 heterocycles. The molecule has 1 fully saturated rings. The summed E-state index contributed by atoms with van der Waals surface area (Å²) >= 11 is 0. The Hall–Kier alpha value is -3.02. The summed E-state index contributed by atoms with van der Waals surface area (Å²) < 4.78 is 0. The van der Waals surface area contributed by atoms with Crippen molar-refractivity contribution < 1.29 is 9.90 Å². The van der Waals surface area contributed by atoms with Gasteiger partial charge in [-0.2, -0.15) is 0 Å². The van der Waals surface area contributed by atoms with Crippen molar-refractivity contribution in [2.24, 2.45) is 4.99 Å². The highest BCUT2D eigenvalue weighted by Gasteiger charge is 2.15. The number of benzene rings is 2. The number of carbonyl (C=O) groups excluding carboxylic acids is 1. The quantitative estimate of drug-likeness (QED) is 0.432. The maximum Gasteiger partial charge on any atom is 0.251 e. The number of amides is 1. The van der Waals surface area contributed by atoms with Crippen molar-refractivity contribution in [3.63, 3.8) is 0 Å². The van der Waals surface area contributed by atoms with E-state index in [1.54, 1.807) is 12.1 Å². The van der Waals surface area contributed by atoms with Crippen LogP contribution < -0.4 is 10.6 Å². The molecule has 0 aromatic heterocycles. The number of piperidine rings is 1. The normalized spacial score (nSPS) is 14.7. The molecule has 2 aromatic rings. The summed E-state index contributed by atoms with van der Waals surface area (Å²) in [7, 11) is 0. The van der Waals surface area contributed by atoms with Crippen molar-refractivity contribution >= 4 is 17.6 Å². The monoisotopic (exact) mass is 366 g/mol. The predicted octanol–water partition coefficient (Wildman–Crippen LogP) is 3.08. The van der Waals surface area contributed by atoms with Crippen LogP contribution in [0.5, 0.6) is 5.75 Å². The minimum absolute atomic E-state index is 0.148. The number of hydrogen-bond donors (Lipinski definition) is 3. The summed E-state index contributed by atoms with van der Waals surface area (Å²) in [5, 5.41) is 15.6. The molecule has 0 aliphatic carbocycles. The highest BCUT2D eigenvalue weighted by atomic mass is 16.3. The number of anilines is 1. The third-order valence-corrected chi connectivity index (χ3v) is 4.47. The Morgan fingerprint density at radius 3 is 2.41 bits per heavy atom. The van der Waals surface area contributed by atoms with Crippen LogP contribution >= 0.6 is 0 Å². The lowest BCUT2D eigenvalue weighted by Gasteiger charge is -2.30. The standard InChI is InChI=1S/C21H26N4O2/c26-19-11-9-17(10-12-19)20(27)22-13-14-23-21(25-15-5-2-6-16-25)24-18-7-3-1-4-8-18/h1,3-4,7-12,26H,2,5-6,13-16H2,(H,22,27)(H,23,24). The van der Waals surface area contributed by atoms with Gasteiger partial charge in [0.25, 0.3) is 5.91 Å². The highest BCUT2D eigenvalue weighted by molar-refractivity contribution is 5.95. The third kappa shape index (κ3) is 5.74. The average molecular weight is 366 g/mol. The molecule has 3 rings (SSSR count). The summed E-state index contributed by atoms with van der Waals surface area (Å²) in [5.74, 6) is 0.842. The summed E-state index contributed by atoms with van der Waals surface area (Å²) in [6.45, 7) is 2.94. The molecule has 3 N–H and O–H groups in total. The number of para-hydroxylation sites is 1. The number of nitrogens with zero attached hydrogens (tertiary/aromatic N) is 2. The fourth-order valence-electron chi connectivity index (χ4n) is 3.02. The molecule has 6 heteroatoms. The van der Waals surface area contributed by atoms with Crippen LogP contribution in [0.1, 0.15) is 29.6 Å². The van der Waals surface area contributed by atoms with Crippen LogP contribution in [0.3, 0.4) is 0 Å². The number of aromatic hydroxyl groups is 1. The topological polar surface area (TPSA) is 77.0 Å². The third-order valence-electron chi connectivity index (χ3n) is 4.47. The van der Waals surface area contributed by atoms with Gasteiger partial charge in [-0.05, 0) is 55.7 Å².